The molecule has 0 unspecified atom stereocenters. The van der Waals surface area contributed by atoms with Crippen LogP contribution in [0.4, 0.5) is 0 Å². The van der Waals surface area contributed by atoms with Crippen molar-refractivity contribution < 1.29 is 23.1 Å². The highest BCUT2D eigenvalue weighted by Crippen LogP contribution is 2.10. The number of nitrogens with one attached hydrogen (secondary N) is 1. The van der Waals surface area contributed by atoms with Gasteiger partial charge in [0.05, 0.1) is 24.7 Å². The Morgan fingerprint density at radius 2 is 1.89 bits per heavy atom. The molecule has 6 nitrogen and oxygen atoms in total. The minimum absolute atomic E-state index is 0.0547. The van der Waals surface area contributed by atoms with Gasteiger partial charge in [-0.2, -0.15) is 0 Å². The first-order valence-electron chi connectivity index (χ1n) is 5.72. The summed E-state index contributed by atoms with van der Waals surface area (Å²) in [5.74, 6) is -0.298. The number of carbonyl (C=O) groups is 1. The summed E-state index contributed by atoms with van der Waals surface area (Å²) in [4.78, 5) is 11.8. The molecular weight excluding hydrogens is 270 g/mol. The topological polar surface area (TPSA) is 92.7 Å². The Kier molecular flexibility index (Phi) is 5.94. The number of hydrogen-bond acceptors (Lipinski definition) is 5. The summed E-state index contributed by atoms with van der Waals surface area (Å²) in [5.41, 5.74) is 0.384. The van der Waals surface area contributed by atoms with Crippen LogP contribution in [0.1, 0.15) is 10.4 Å². The molecule has 0 heterocycles. The quantitative estimate of drug-likeness (QED) is 0.679. The van der Waals surface area contributed by atoms with Crippen LogP contribution < -0.4 is 5.32 Å². The van der Waals surface area contributed by atoms with Crippen molar-refractivity contribution in [1.82, 2.24) is 5.32 Å². The lowest BCUT2D eigenvalue weighted by molar-refractivity contribution is 0.0838. The summed E-state index contributed by atoms with van der Waals surface area (Å²) < 4.78 is 27.5. The minimum Gasteiger partial charge on any atom is -0.394 e. The van der Waals surface area contributed by atoms with E-state index < -0.39 is 9.84 Å². The Hall–Kier alpha value is -1.44. The summed E-state index contributed by atoms with van der Waals surface area (Å²) in [7, 11) is -3.25. The van der Waals surface area contributed by atoms with E-state index in [0.717, 1.165) is 6.26 Å². The molecule has 0 saturated carbocycles. The van der Waals surface area contributed by atoms with E-state index in [2.05, 4.69) is 5.32 Å². The first kappa shape index (κ1) is 15.6. The van der Waals surface area contributed by atoms with E-state index in [4.69, 9.17) is 9.84 Å². The van der Waals surface area contributed by atoms with Crippen LogP contribution in [0.15, 0.2) is 29.2 Å². The van der Waals surface area contributed by atoms with E-state index in [9.17, 15) is 13.2 Å². The first-order valence-corrected chi connectivity index (χ1v) is 7.61. The van der Waals surface area contributed by atoms with Gasteiger partial charge in [0.2, 0.25) is 0 Å². The smallest absolute Gasteiger partial charge is 0.251 e. The molecule has 1 rings (SSSR count). The molecular formula is C12H17NO5S. The second kappa shape index (κ2) is 7.22. The van der Waals surface area contributed by atoms with Crippen LogP contribution in [-0.4, -0.2) is 52.1 Å². The molecule has 0 aliphatic carbocycles. The molecule has 0 aliphatic heterocycles. The van der Waals surface area contributed by atoms with Crippen LogP contribution in [0, 0.1) is 0 Å². The Labute approximate surface area is 112 Å². The highest BCUT2D eigenvalue weighted by Gasteiger charge is 2.09. The van der Waals surface area contributed by atoms with Crippen molar-refractivity contribution in [3.8, 4) is 0 Å². The summed E-state index contributed by atoms with van der Waals surface area (Å²) in [6.07, 6.45) is 1.11. The normalized spacial score (nSPS) is 11.3. The highest BCUT2D eigenvalue weighted by atomic mass is 32.2. The lowest BCUT2D eigenvalue weighted by Crippen LogP contribution is -2.27. The van der Waals surface area contributed by atoms with Crippen molar-refractivity contribution in [3.05, 3.63) is 29.8 Å². The number of sulfone groups is 1. The number of aliphatic hydroxyl groups excluding tert-OH is 1. The third kappa shape index (κ3) is 5.37. The van der Waals surface area contributed by atoms with E-state index in [1.165, 1.54) is 24.3 Å². The van der Waals surface area contributed by atoms with Gasteiger partial charge in [-0.25, -0.2) is 8.42 Å². The molecule has 1 aromatic carbocycles. The number of hydrogen-bond donors (Lipinski definition) is 2. The lowest BCUT2D eigenvalue weighted by atomic mass is 10.2. The number of amides is 1. The Morgan fingerprint density at radius 1 is 1.26 bits per heavy atom. The highest BCUT2D eigenvalue weighted by molar-refractivity contribution is 7.90. The molecule has 1 aromatic rings. The van der Waals surface area contributed by atoms with Gasteiger partial charge in [0.15, 0.2) is 9.84 Å². The maximum absolute atomic E-state index is 11.7. The second-order valence-electron chi connectivity index (χ2n) is 3.89. The maximum atomic E-state index is 11.7. The maximum Gasteiger partial charge on any atom is 0.251 e. The Morgan fingerprint density at radius 3 is 2.42 bits per heavy atom. The minimum atomic E-state index is -3.25. The van der Waals surface area contributed by atoms with Gasteiger partial charge < -0.3 is 15.2 Å². The Balaban J connectivity index is 2.50. The lowest BCUT2D eigenvalue weighted by Gasteiger charge is -2.06. The van der Waals surface area contributed by atoms with Gasteiger partial charge in [-0.05, 0) is 24.3 Å². The van der Waals surface area contributed by atoms with Crippen LogP contribution in [0.3, 0.4) is 0 Å². The average Bonchev–Trinajstić information content (AvgIpc) is 2.37. The summed E-state index contributed by atoms with van der Waals surface area (Å²) in [6.45, 7) is 0.820. The van der Waals surface area contributed by atoms with Crippen molar-refractivity contribution in [1.29, 1.82) is 0 Å². The van der Waals surface area contributed by atoms with Gasteiger partial charge in [-0.1, -0.05) is 0 Å². The fourth-order valence-electron chi connectivity index (χ4n) is 1.36. The first-order chi connectivity index (χ1) is 8.95. The fraction of sp³-hybridized carbons (Fsp3) is 0.417. The SMILES string of the molecule is CS(=O)(=O)c1ccc(C(=O)NCCOCCO)cc1. The molecule has 0 aromatic heterocycles. The zero-order valence-electron chi connectivity index (χ0n) is 10.6. The standard InChI is InChI=1S/C12H17NO5S/c1-19(16,17)11-4-2-10(3-5-11)12(15)13-6-8-18-9-7-14/h2-5,14H,6-9H2,1H3,(H,13,15). The van der Waals surface area contributed by atoms with Gasteiger partial charge in [0.1, 0.15) is 0 Å². The third-order valence-electron chi connectivity index (χ3n) is 2.31. The van der Waals surface area contributed by atoms with Crippen molar-refractivity contribution in [3.63, 3.8) is 0 Å². The van der Waals surface area contributed by atoms with Crippen molar-refractivity contribution in [2.24, 2.45) is 0 Å². The van der Waals surface area contributed by atoms with Crippen LogP contribution in [0.5, 0.6) is 0 Å². The third-order valence-corrected chi connectivity index (χ3v) is 3.44. The van der Waals surface area contributed by atoms with Gasteiger partial charge >= 0.3 is 0 Å². The van der Waals surface area contributed by atoms with Crippen molar-refractivity contribution in [2.75, 3.05) is 32.6 Å². The van der Waals surface area contributed by atoms with Gasteiger partial charge in [-0.15, -0.1) is 0 Å². The predicted molar refractivity (Wildman–Crippen MR) is 69.8 cm³/mol. The van der Waals surface area contributed by atoms with Crippen LogP contribution >= 0.6 is 0 Å². The molecule has 0 aliphatic rings. The monoisotopic (exact) mass is 287 g/mol. The predicted octanol–water partition coefficient (Wildman–Crippen LogP) is -0.171. The van der Waals surface area contributed by atoms with Gasteiger partial charge in [-0.3, -0.25) is 4.79 Å². The molecule has 7 heteroatoms. The molecule has 106 valence electrons. The molecule has 19 heavy (non-hydrogen) atoms. The number of ether oxygens (including phenoxy) is 1. The van der Waals surface area contributed by atoms with E-state index >= 15 is 0 Å². The zero-order chi connectivity index (χ0) is 14.3. The number of rotatable bonds is 7. The van der Waals surface area contributed by atoms with Crippen LogP contribution in [-0.2, 0) is 14.6 Å². The number of aliphatic hydroxyl groups is 1. The van der Waals surface area contributed by atoms with Gasteiger partial charge in [0.25, 0.3) is 5.91 Å². The summed E-state index contributed by atoms with van der Waals surface area (Å²) >= 11 is 0. The molecule has 0 spiro atoms. The number of carbonyl (C=O) groups excluding carboxylic acids is 1. The van der Waals surface area contributed by atoms with E-state index in [1.54, 1.807) is 0 Å². The van der Waals surface area contributed by atoms with E-state index in [-0.39, 0.29) is 24.0 Å². The average molecular weight is 287 g/mol. The Bertz CT molecular complexity index is 509. The molecule has 0 fully saturated rings. The fourth-order valence-corrected chi connectivity index (χ4v) is 1.99. The summed E-state index contributed by atoms with van der Waals surface area (Å²) in [6, 6.07) is 5.71. The van der Waals surface area contributed by atoms with E-state index in [0.29, 0.717) is 18.7 Å². The van der Waals surface area contributed by atoms with Crippen molar-refractivity contribution >= 4 is 15.7 Å². The molecule has 2 N–H and O–H groups in total. The van der Waals surface area contributed by atoms with Crippen LogP contribution in [0.25, 0.3) is 0 Å². The van der Waals surface area contributed by atoms with Crippen LogP contribution in [0.2, 0.25) is 0 Å². The summed E-state index contributed by atoms with van der Waals surface area (Å²) in [5, 5.41) is 11.1. The van der Waals surface area contributed by atoms with Gasteiger partial charge in [0, 0.05) is 18.4 Å². The largest absolute Gasteiger partial charge is 0.394 e. The second-order valence-corrected chi connectivity index (χ2v) is 5.90. The molecule has 0 saturated heterocycles. The van der Waals surface area contributed by atoms with E-state index in [1.807, 2.05) is 0 Å². The zero-order valence-corrected chi connectivity index (χ0v) is 11.4. The molecule has 1 amide bonds. The number of benzene rings is 1. The molecule has 0 atom stereocenters. The van der Waals surface area contributed by atoms with Crippen molar-refractivity contribution in [2.45, 2.75) is 4.90 Å². The molecule has 0 bridgehead atoms. The molecule has 0 radical (unpaired) electrons.